The monoisotopic (exact) mass is 410 g/mol. The average Bonchev–Trinajstić information content (AvgIpc) is 3.54. The maximum Gasteiger partial charge on any atom is 0.267 e. The molecule has 160 valence electrons. The zero-order chi connectivity index (χ0) is 20.5. The minimum absolute atomic E-state index is 0.137. The Bertz CT molecular complexity index is 926. The van der Waals surface area contributed by atoms with Crippen molar-refractivity contribution < 1.29 is 5.11 Å². The molecule has 2 aliphatic carbocycles. The van der Waals surface area contributed by atoms with E-state index >= 15 is 0 Å². The lowest BCUT2D eigenvalue weighted by molar-refractivity contribution is 0.127. The quantitative estimate of drug-likeness (QED) is 0.755. The predicted molar refractivity (Wildman–Crippen MR) is 115 cm³/mol. The largest absolute Gasteiger partial charge is 0.391 e. The number of anilines is 2. The second kappa shape index (κ2) is 8.34. The Labute approximate surface area is 176 Å². The highest BCUT2D eigenvalue weighted by Crippen LogP contribution is 2.38. The van der Waals surface area contributed by atoms with Gasteiger partial charge < -0.3 is 15.3 Å². The fourth-order valence-electron chi connectivity index (χ4n) is 4.78. The van der Waals surface area contributed by atoms with Crippen LogP contribution in [0.2, 0.25) is 0 Å². The first-order chi connectivity index (χ1) is 14.7. The molecular formula is C22H30N6O2. The van der Waals surface area contributed by atoms with E-state index in [4.69, 9.17) is 0 Å². The molecule has 2 N–H and O–H groups in total. The minimum Gasteiger partial charge on any atom is -0.391 e. The van der Waals surface area contributed by atoms with Gasteiger partial charge in [-0.25, -0.2) is 4.68 Å². The Hall–Kier alpha value is -2.48. The topological polar surface area (TPSA) is 96.2 Å². The molecule has 3 aliphatic rings. The minimum atomic E-state index is -0.485. The molecule has 5 rings (SSSR count). The number of aliphatic hydroxyl groups excluding tert-OH is 1. The van der Waals surface area contributed by atoms with Gasteiger partial charge in [-0.2, -0.15) is 10.2 Å². The van der Waals surface area contributed by atoms with E-state index in [9.17, 15) is 9.90 Å². The van der Waals surface area contributed by atoms with Gasteiger partial charge in [0.1, 0.15) is 11.6 Å². The summed E-state index contributed by atoms with van der Waals surface area (Å²) in [4.78, 5) is 14.7. The number of rotatable bonds is 6. The van der Waals surface area contributed by atoms with E-state index in [1.807, 2.05) is 12.1 Å². The van der Waals surface area contributed by atoms with E-state index in [0.29, 0.717) is 5.92 Å². The third-order valence-electron chi connectivity index (χ3n) is 6.69. The molecule has 1 aliphatic heterocycles. The van der Waals surface area contributed by atoms with Crippen LogP contribution in [0.4, 0.5) is 11.6 Å². The highest BCUT2D eigenvalue weighted by molar-refractivity contribution is 5.41. The molecule has 2 saturated carbocycles. The van der Waals surface area contributed by atoms with Crippen molar-refractivity contribution in [2.45, 2.75) is 75.5 Å². The highest BCUT2D eigenvalue weighted by Gasteiger charge is 2.30. The van der Waals surface area contributed by atoms with Crippen LogP contribution in [0.15, 0.2) is 29.1 Å². The average molecular weight is 411 g/mol. The summed E-state index contributed by atoms with van der Waals surface area (Å²) < 4.78 is 1.51. The fraction of sp³-hybridized carbons (Fsp3) is 0.636. The molecule has 8 heteroatoms. The first-order valence-corrected chi connectivity index (χ1v) is 11.3. The molecule has 0 radical (unpaired) electrons. The van der Waals surface area contributed by atoms with Crippen LogP contribution < -0.4 is 15.8 Å². The summed E-state index contributed by atoms with van der Waals surface area (Å²) in [5.41, 5.74) is 0.961. The zero-order valence-corrected chi connectivity index (χ0v) is 17.3. The van der Waals surface area contributed by atoms with Gasteiger partial charge in [0.2, 0.25) is 0 Å². The summed E-state index contributed by atoms with van der Waals surface area (Å²) in [6.07, 6.45) is 7.79. The van der Waals surface area contributed by atoms with Crippen LogP contribution in [0.3, 0.4) is 0 Å². The molecule has 3 fully saturated rings. The molecule has 3 unspecified atom stereocenters. The molecule has 2 aromatic heterocycles. The molecule has 30 heavy (non-hydrogen) atoms. The molecule has 3 atom stereocenters. The van der Waals surface area contributed by atoms with Gasteiger partial charge in [0, 0.05) is 31.1 Å². The molecule has 3 heterocycles. The van der Waals surface area contributed by atoms with Gasteiger partial charge >= 0.3 is 0 Å². The van der Waals surface area contributed by atoms with Crippen molar-refractivity contribution in [2.24, 2.45) is 0 Å². The number of hydrogen-bond acceptors (Lipinski definition) is 7. The summed E-state index contributed by atoms with van der Waals surface area (Å²) in [5.74, 6) is 2.23. The molecule has 2 aromatic rings. The van der Waals surface area contributed by atoms with Crippen molar-refractivity contribution in [1.82, 2.24) is 20.0 Å². The zero-order valence-electron chi connectivity index (χ0n) is 17.3. The van der Waals surface area contributed by atoms with Crippen LogP contribution in [-0.2, 0) is 0 Å². The number of hydrogen-bond donors (Lipinski definition) is 2. The highest BCUT2D eigenvalue weighted by atomic mass is 16.3. The van der Waals surface area contributed by atoms with E-state index in [1.54, 1.807) is 6.07 Å². The fourth-order valence-corrected chi connectivity index (χ4v) is 4.78. The Balaban J connectivity index is 1.30. The van der Waals surface area contributed by atoms with Crippen LogP contribution in [0.5, 0.6) is 0 Å². The number of piperidine rings is 1. The maximum absolute atomic E-state index is 12.4. The predicted octanol–water partition coefficient (Wildman–Crippen LogP) is 2.47. The SMILES string of the molecule is O=c1ccc(N2CCCCC2CNc2ccc(C3CC3)nn2)nn1C1CCCC1O. The Morgan fingerprint density at radius 2 is 1.90 bits per heavy atom. The second-order valence-electron chi connectivity index (χ2n) is 8.88. The van der Waals surface area contributed by atoms with Crippen molar-refractivity contribution in [3.63, 3.8) is 0 Å². The van der Waals surface area contributed by atoms with Crippen molar-refractivity contribution in [1.29, 1.82) is 0 Å². The Kier molecular flexibility index (Phi) is 5.41. The van der Waals surface area contributed by atoms with E-state index in [2.05, 4.69) is 31.6 Å². The second-order valence-corrected chi connectivity index (χ2v) is 8.88. The van der Waals surface area contributed by atoms with Gasteiger partial charge in [0.05, 0.1) is 17.8 Å². The molecular weight excluding hydrogens is 380 g/mol. The third kappa shape index (κ3) is 4.05. The van der Waals surface area contributed by atoms with Crippen molar-refractivity contribution in [3.8, 4) is 0 Å². The number of nitrogens with one attached hydrogen (secondary N) is 1. The van der Waals surface area contributed by atoms with Gasteiger partial charge in [-0.3, -0.25) is 4.79 Å². The summed E-state index contributed by atoms with van der Waals surface area (Å²) in [5, 5.41) is 27.1. The maximum atomic E-state index is 12.4. The number of aliphatic hydroxyl groups is 1. The lowest BCUT2D eigenvalue weighted by Crippen LogP contribution is -2.45. The first kappa shape index (κ1) is 19.5. The van der Waals surface area contributed by atoms with Crippen molar-refractivity contribution in [3.05, 3.63) is 40.3 Å². The third-order valence-corrected chi connectivity index (χ3v) is 6.69. The van der Waals surface area contributed by atoms with Gasteiger partial charge in [0.25, 0.3) is 5.56 Å². The molecule has 1 saturated heterocycles. The van der Waals surface area contributed by atoms with Gasteiger partial charge in [-0.05, 0) is 69.6 Å². The standard InChI is InChI=1S/C22H30N6O2/c29-19-6-3-5-18(19)28-22(30)12-11-21(26-28)27-13-2-1-4-16(27)14-23-20-10-9-17(24-25-20)15-7-8-15/h9-12,15-16,18-19,29H,1-8,13-14H2,(H,23,25). The van der Waals surface area contributed by atoms with E-state index in [1.165, 1.54) is 23.9 Å². The van der Waals surface area contributed by atoms with Gasteiger partial charge in [-0.15, -0.1) is 5.10 Å². The summed E-state index contributed by atoms with van der Waals surface area (Å²) in [7, 11) is 0. The first-order valence-electron chi connectivity index (χ1n) is 11.3. The summed E-state index contributed by atoms with van der Waals surface area (Å²) in [6, 6.07) is 7.58. The normalized spacial score (nSPS) is 26.7. The molecule has 0 amide bonds. The lowest BCUT2D eigenvalue weighted by Gasteiger charge is -2.37. The Morgan fingerprint density at radius 3 is 2.63 bits per heavy atom. The van der Waals surface area contributed by atoms with Crippen molar-refractivity contribution in [2.75, 3.05) is 23.3 Å². The van der Waals surface area contributed by atoms with Gasteiger partial charge in [0.15, 0.2) is 0 Å². The van der Waals surface area contributed by atoms with Crippen LogP contribution >= 0.6 is 0 Å². The van der Waals surface area contributed by atoms with Crippen LogP contribution in [0, 0.1) is 0 Å². The summed E-state index contributed by atoms with van der Waals surface area (Å²) >= 11 is 0. The summed E-state index contributed by atoms with van der Waals surface area (Å²) in [6.45, 7) is 1.67. The van der Waals surface area contributed by atoms with Gasteiger partial charge in [-0.1, -0.05) is 0 Å². The number of aromatic nitrogens is 4. The molecule has 0 bridgehead atoms. The van der Waals surface area contributed by atoms with E-state index < -0.39 is 6.10 Å². The Morgan fingerprint density at radius 1 is 1.00 bits per heavy atom. The lowest BCUT2D eigenvalue weighted by atomic mass is 10.0. The molecule has 0 spiro atoms. The van der Waals surface area contributed by atoms with Crippen LogP contribution in [0.25, 0.3) is 0 Å². The molecule has 8 nitrogen and oxygen atoms in total. The van der Waals surface area contributed by atoms with E-state index in [0.717, 1.165) is 62.5 Å². The smallest absolute Gasteiger partial charge is 0.267 e. The van der Waals surface area contributed by atoms with Crippen molar-refractivity contribution >= 4 is 11.6 Å². The molecule has 0 aromatic carbocycles. The van der Waals surface area contributed by atoms with Crippen LogP contribution in [-0.4, -0.2) is 50.3 Å². The van der Waals surface area contributed by atoms with Crippen LogP contribution in [0.1, 0.15) is 69.0 Å². The van der Waals surface area contributed by atoms with E-state index in [-0.39, 0.29) is 17.6 Å². The number of nitrogens with zero attached hydrogens (tertiary/aromatic N) is 5.